The number of hydrogen-bond donors (Lipinski definition) is 2. The molecule has 0 aliphatic heterocycles. The first-order valence-corrected chi connectivity index (χ1v) is 4.38. The van der Waals surface area contributed by atoms with Gasteiger partial charge in [0.1, 0.15) is 5.69 Å². The molecule has 6 nitrogen and oxygen atoms in total. The van der Waals surface area contributed by atoms with Gasteiger partial charge in [0, 0.05) is 6.61 Å². The van der Waals surface area contributed by atoms with Crippen LogP contribution in [0.25, 0.3) is 0 Å². The Morgan fingerprint density at radius 3 is 3.21 bits per heavy atom. The molecule has 0 unspecified atom stereocenters. The average Bonchev–Trinajstić information content (AvgIpc) is 2.49. The van der Waals surface area contributed by atoms with E-state index in [9.17, 15) is 4.79 Å². The van der Waals surface area contributed by atoms with E-state index in [1.807, 2.05) is 6.92 Å². The molecule has 0 radical (unpaired) electrons. The summed E-state index contributed by atoms with van der Waals surface area (Å²) in [5.74, 6) is 0.314. The number of nitrogens with one attached hydrogen (secondary N) is 1. The van der Waals surface area contributed by atoms with E-state index in [0.717, 1.165) is 0 Å². The molecule has 6 heteroatoms. The van der Waals surface area contributed by atoms with Gasteiger partial charge in [0.05, 0.1) is 19.3 Å². The second-order valence-corrected chi connectivity index (χ2v) is 2.65. The summed E-state index contributed by atoms with van der Waals surface area (Å²) in [6.07, 6.45) is 2.24. The molecule has 1 heterocycles. The molecule has 3 N–H and O–H groups in total. The Hall–Kier alpha value is -1.56. The molecule has 0 aromatic carbocycles. The molecule has 0 saturated heterocycles. The monoisotopic (exact) mass is 198 g/mol. The van der Waals surface area contributed by atoms with Gasteiger partial charge in [-0.1, -0.05) is 0 Å². The summed E-state index contributed by atoms with van der Waals surface area (Å²) in [5, 5.41) is 6.45. The van der Waals surface area contributed by atoms with Gasteiger partial charge in [-0.15, -0.1) is 0 Å². The van der Waals surface area contributed by atoms with E-state index in [1.54, 1.807) is 10.9 Å². The molecule has 0 aliphatic rings. The number of carbonyl (C=O) groups excluding carboxylic acids is 1. The maximum absolute atomic E-state index is 10.2. The first kappa shape index (κ1) is 10.5. The zero-order valence-corrected chi connectivity index (χ0v) is 8.06. The van der Waals surface area contributed by atoms with Crippen molar-refractivity contribution in [1.82, 2.24) is 9.78 Å². The number of nitrogens with zero attached hydrogens (tertiary/aromatic N) is 2. The van der Waals surface area contributed by atoms with Crippen LogP contribution in [0.2, 0.25) is 0 Å². The highest BCUT2D eigenvalue weighted by molar-refractivity contribution is 5.77. The summed E-state index contributed by atoms with van der Waals surface area (Å²) in [5.41, 5.74) is 6.06. The van der Waals surface area contributed by atoms with Crippen LogP contribution >= 0.6 is 0 Å². The van der Waals surface area contributed by atoms with Crippen molar-refractivity contribution in [2.24, 2.45) is 0 Å². The molecule has 0 atom stereocenters. The zero-order valence-electron chi connectivity index (χ0n) is 8.06. The average molecular weight is 198 g/mol. The Bertz CT molecular complexity index is 298. The van der Waals surface area contributed by atoms with Crippen LogP contribution < -0.4 is 11.1 Å². The standard InChI is InChI=1S/C8H14N4O2/c1-2-14-4-3-12-5-7(10-6-13)8(9)11-12/h5-6H,2-4H2,1H3,(H2,9,11)(H,10,13). The highest BCUT2D eigenvalue weighted by atomic mass is 16.5. The third-order valence-corrected chi connectivity index (χ3v) is 1.67. The predicted octanol–water partition coefficient (Wildman–Crippen LogP) is 0.0701. The molecule has 1 aromatic rings. The Labute approximate surface area is 82.0 Å². The van der Waals surface area contributed by atoms with Gasteiger partial charge in [0.2, 0.25) is 6.41 Å². The van der Waals surface area contributed by atoms with Crippen LogP contribution in [-0.2, 0) is 16.1 Å². The van der Waals surface area contributed by atoms with Gasteiger partial charge in [-0.25, -0.2) is 0 Å². The van der Waals surface area contributed by atoms with Crippen molar-refractivity contribution >= 4 is 17.9 Å². The summed E-state index contributed by atoms with van der Waals surface area (Å²) in [4.78, 5) is 10.2. The number of amides is 1. The highest BCUT2D eigenvalue weighted by Gasteiger charge is 2.03. The van der Waals surface area contributed by atoms with E-state index in [2.05, 4.69) is 10.4 Å². The molecular formula is C8H14N4O2. The van der Waals surface area contributed by atoms with E-state index >= 15 is 0 Å². The van der Waals surface area contributed by atoms with Crippen molar-refractivity contribution in [3.05, 3.63) is 6.20 Å². The van der Waals surface area contributed by atoms with Crippen LogP contribution in [0.1, 0.15) is 6.92 Å². The number of ether oxygens (including phenoxy) is 1. The lowest BCUT2D eigenvalue weighted by atomic mass is 10.5. The molecule has 1 aromatic heterocycles. The number of nitrogens with two attached hydrogens (primary N) is 1. The lowest BCUT2D eigenvalue weighted by molar-refractivity contribution is -0.105. The maximum Gasteiger partial charge on any atom is 0.211 e. The molecule has 1 rings (SSSR count). The Morgan fingerprint density at radius 2 is 2.57 bits per heavy atom. The lowest BCUT2D eigenvalue weighted by Crippen LogP contribution is -2.06. The van der Waals surface area contributed by atoms with Gasteiger partial charge >= 0.3 is 0 Å². The topological polar surface area (TPSA) is 82.2 Å². The van der Waals surface area contributed by atoms with E-state index in [-0.39, 0.29) is 0 Å². The fourth-order valence-corrected chi connectivity index (χ4v) is 1.03. The molecule has 0 aliphatic carbocycles. The smallest absolute Gasteiger partial charge is 0.211 e. The Kier molecular flexibility index (Phi) is 3.93. The largest absolute Gasteiger partial charge is 0.380 e. The van der Waals surface area contributed by atoms with Gasteiger partial charge in [-0.3, -0.25) is 9.48 Å². The number of carbonyl (C=O) groups is 1. The summed E-state index contributed by atoms with van der Waals surface area (Å²) >= 11 is 0. The van der Waals surface area contributed by atoms with E-state index in [4.69, 9.17) is 10.5 Å². The van der Waals surface area contributed by atoms with Crippen LogP contribution in [0, 0.1) is 0 Å². The van der Waals surface area contributed by atoms with Crippen LogP contribution in [0.4, 0.5) is 11.5 Å². The summed E-state index contributed by atoms with van der Waals surface area (Å²) in [7, 11) is 0. The summed E-state index contributed by atoms with van der Waals surface area (Å²) < 4.78 is 6.79. The minimum atomic E-state index is 0.314. The fourth-order valence-electron chi connectivity index (χ4n) is 1.03. The SMILES string of the molecule is CCOCCn1cc(NC=O)c(N)n1. The second kappa shape index (κ2) is 5.23. The quantitative estimate of drug-likeness (QED) is 0.500. The van der Waals surface area contributed by atoms with Crippen molar-refractivity contribution in [2.75, 3.05) is 24.3 Å². The number of anilines is 2. The molecule has 78 valence electrons. The predicted molar refractivity (Wildman–Crippen MR) is 52.8 cm³/mol. The van der Waals surface area contributed by atoms with Crippen molar-refractivity contribution in [3.63, 3.8) is 0 Å². The van der Waals surface area contributed by atoms with Crippen molar-refractivity contribution in [2.45, 2.75) is 13.5 Å². The molecule has 0 spiro atoms. The molecular weight excluding hydrogens is 184 g/mol. The summed E-state index contributed by atoms with van der Waals surface area (Å²) in [6, 6.07) is 0. The third-order valence-electron chi connectivity index (χ3n) is 1.67. The first-order valence-electron chi connectivity index (χ1n) is 4.38. The van der Waals surface area contributed by atoms with Crippen LogP contribution in [0.15, 0.2) is 6.20 Å². The second-order valence-electron chi connectivity index (χ2n) is 2.65. The lowest BCUT2D eigenvalue weighted by Gasteiger charge is -2.00. The number of nitrogen functional groups attached to an aromatic ring is 1. The van der Waals surface area contributed by atoms with Gasteiger partial charge in [0.25, 0.3) is 0 Å². The van der Waals surface area contributed by atoms with E-state index < -0.39 is 0 Å². The normalized spacial score (nSPS) is 10.1. The van der Waals surface area contributed by atoms with Crippen molar-refractivity contribution in [3.8, 4) is 0 Å². The first-order chi connectivity index (χ1) is 6.77. The Balaban J connectivity index is 2.52. The number of rotatable bonds is 6. The molecule has 14 heavy (non-hydrogen) atoms. The Morgan fingerprint density at radius 1 is 1.79 bits per heavy atom. The minimum absolute atomic E-state index is 0.314. The fraction of sp³-hybridized carbons (Fsp3) is 0.500. The van der Waals surface area contributed by atoms with Crippen LogP contribution in [0.5, 0.6) is 0 Å². The van der Waals surface area contributed by atoms with Crippen molar-refractivity contribution < 1.29 is 9.53 Å². The molecule has 0 bridgehead atoms. The van der Waals surface area contributed by atoms with Crippen LogP contribution in [-0.4, -0.2) is 29.4 Å². The van der Waals surface area contributed by atoms with Gasteiger partial charge in [0.15, 0.2) is 5.82 Å². The molecule has 0 saturated carbocycles. The van der Waals surface area contributed by atoms with Gasteiger partial charge in [-0.2, -0.15) is 5.10 Å². The number of hydrogen-bond acceptors (Lipinski definition) is 4. The highest BCUT2D eigenvalue weighted by Crippen LogP contribution is 2.14. The number of aromatic nitrogens is 2. The van der Waals surface area contributed by atoms with E-state index in [1.165, 1.54) is 0 Å². The third kappa shape index (κ3) is 2.74. The van der Waals surface area contributed by atoms with Crippen molar-refractivity contribution in [1.29, 1.82) is 0 Å². The van der Waals surface area contributed by atoms with Crippen LogP contribution in [0.3, 0.4) is 0 Å². The van der Waals surface area contributed by atoms with Gasteiger partial charge in [-0.05, 0) is 6.92 Å². The van der Waals surface area contributed by atoms with E-state index in [0.29, 0.717) is 37.7 Å². The zero-order chi connectivity index (χ0) is 10.4. The molecule has 1 amide bonds. The van der Waals surface area contributed by atoms with Gasteiger partial charge < -0.3 is 15.8 Å². The molecule has 0 fully saturated rings. The summed E-state index contributed by atoms with van der Waals surface area (Å²) in [6.45, 7) is 3.81. The maximum atomic E-state index is 10.2. The minimum Gasteiger partial charge on any atom is -0.380 e.